The van der Waals surface area contributed by atoms with Gasteiger partial charge in [0.2, 0.25) is 10.0 Å². The topological polar surface area (TPSA) is 87.7 Å². The van der Waals surface area contributed by atoms with Crippen LogP contribution in [0, 0.1) is 0 Å². The van der Waals surface area contributed by atoms with Crippen molar-refractivity contribution < 1.29 is 17.9 Å². The molecule has 32 heavy (non-hydrogen) atoms. The van der Waals surface area contributed by atoms with Crippen LogP contribution in [0.5, 0.6) is 0 Å². The second-order valence-corrected chi connectivity index (χ2v) is 10.2. The number of thiophene rings is 1. The number of amides is 1. The molecule has 0 spiro atoms. The zero-order chi connectivity index (χ0) is 22.6. The first-order chi connectivity index (χ1) is 15.5. The van der Waals surface area contributed by atoms with Crippen molar-refractivity contribution in [2.45, 2.75) is 11.4 Å². The van der Waals surface area contributed by atoms with Crippen molar-refractivity contribution in [3.05, 3.63) is 71.1 Å². The molecule has 168 valence electrons. The molecule has 1 fully saturated rings. The minimum Gasteiger partial charge on any atom is -0.378 e. The number of rotatable bonds is 7. The highest BCUT2D eigenvalue weighted by Gasteiger charge is 2.22. The van der Waals surface area contributed by atoms with Crippen molar-refractivity contribution in [3.8, 4) is 11.1 Å². The third kappa shape index (κ3) is 5.02. The first kappa shape index (κ1) is 22.5. The van der Waals surface area contributed by atoms with Crippen molar-refractivity contribution in [1.29, 1.82) is 0 Å². The molecule has 4 rings (SSSR count). The number of nitrogens with one attached hydrogen (secondary N) is 2. The van der Waals surface area contributed by atoms with Gasteiger partial charge < -0.3 is 15.0 Å². The van der Waals surface area contributed by atoms with Crippen LogP contribution in [0.3, 0.4) is 0 Å². The minimum atomic E-state index is -3.48. The van der Waals surface area contributed by atoms with Gasteiger partial charge >= 0.3 is 0 Å². The van der Waals surface area contributed by atoms with Gasteiger partial charge in [-0.2, -0.15) is 0 Å². The van der Waals surface area contributed by atoms with Gasteiger partial charge in [-0.25, -0.2) is 13.1 Å². The molecule has 0 saturated carbocycles. The molecule has 0 aliphatic carbocycles. The average molecular weight is 472 g/mol. The Morgan fingerprint density at radius 3 is 2.41 bits per heavy atom. The Bertz CT molecular complexity index is 1170. The summed E-state index contributed by atoms with van der Waals surface area (Å²) in [6, 6.07) is 18.5. The van der Waals surface area contributed by atoms with E-state index < -0.39 is 10.0 Å². The fourth-order valence-corrected chi connectivity index (χ4v) is 5.37. The number of hydrogen-bond acceptors (Lipinski definition) is 6. The summed E-state index contributed by atoms with van der Waals surface area (Å²) in [6.07, 6.45) is 0. The largest absolute Gasteiger partial charge is 0.378 e. The van der Waals surface area contributed by atoms with Gasteiger partial charge in [0, 0.05) is 25.2 Å². The third-order valence-corrected chi connectivity index (χ3v) is 7.90. The SMILES string of the molecule is CNS(=O)(=O)c1ccc(CNC(=O)c2cc(-c3ccccc3)c(N3CCOCC3)s2)cc1. The van der Waals surface area contributed by atoms with Gasteiger partial charge in [0.15, 0.2) is 0 Å². The second-order valence-electron chi connectivity index (χ2n) is 7.33. The van der Waals surface area contributed by atoms with E-state index in [1.165, 1.54) is 30.5 Å². The molecule has 0 unspecified atom stereocenters. The Hall–Kier alpha value is -2.72. The van der Waals surface area contributed by atoms with Crippen LogP contribution >= 0.6 is 11.3 Å². The van der Waals surface area contributed by atoms with Crippen molar-refractivity contribution in [2.24, 2.45) is 0 Å². The van der Waals surface area contributed by atoms with Crippen LogP contribution < -0.4 is 14.9 Å². The molecule has 1 amide bonds. The Morgan fingerprint density at radius 2 is 1.75 bits per heavy atom. The van der Waals surface area contributed by atoms with Crippen LogP contribution in [0.1, 0.15) is 15.2 Å². The smallest absolute Gasteiger partial charge is 0.261 e. The summed E-state index contributed by atoms with van der Waals surface area (Å²) in [5, 5.41) is 4.02. The number of morpholine rings is 1. The number of hydrogen-bond donors (Lipinski definition) is 2. The maximum atomic E-state index is 12.9. The Morgan fingerprint density at radius 1 is 1.06 bits per heavy atom. The Balaban J connectivity index is 1.51. The van der Waals surface area contributed by atoms with Gasteiger partial charge in [0.25, 0.3) is 5.91 Å². The van der Waals surface area contributed by atoms with E-state index in [1.54, 1.807) is 12.1 Å². The van der Waals surface area contributed by atoms with E-state index in [2.05, 4.69) is 27.1 Å². The summed E-state index contributed by atoms with van der Waals surface area (Å²) in [7, 11) is -2.10. The second kappa shape index (κ2) is 9.83. The van der Waals surface area contributed by atoms with Gasteiger partial charge in [-0.15, -0.1) is 11.3 Å². The summed E-state index contributed by atoms with van der Waals surface area (Å²) in [4.78, 5) is 16.0. The minimum absolute atomic E-state index is 0.154. The summed E-state index contributed by atoms with van der Waals surface area (Å²) in [5.74, 6) is -0.154. The summed E-state index contributed by atoms with van der Waals surface area (Å²) in [5.41, 5.74) is 2.94. The van der Waals surface area contributed by atoms with Crippen LogP contribution in [-0.4, -0.2) is 47.7 Å². The Kier molecular flexibility index (Phi) is 6.90. The molecule has 2 N–H and O–H groups in total. The van der Waals surface area contributed by atoms with Crippen molar-refractivity contribution in [3.63, 3.8) is 0 Å². The monoisotopic (exact) mass is 471 g/mol. The van der Waals surface area contributed by atoms with Crippen LogP contribution in [0.4, 0.5) is 5.00 Å². The van der Waals surface area contributed by atoms with Gasteiger partial charge in [-0.3, -0.25) is 4.79 Å². The van der Waals surface area contributed by atoms with E-state index in [0.717, 1.165) is 34.8 Å². The average Bonchev–Trinajstić information content (AvgIpc) is 3.30. The molecule has 2 heterocycles. The van der Waals surface area contributed by atoms with Gasteiger partial charge in [-0.1, -0.05) is 42.5 Å². The van der Waals surface area contributed by atoms with Crippen LogP contribution in [0.25, 0.3) is 11.1 Å². The first-order valence-electron chi connectivity index (χ1n) is 10.3. The van der Waals surface area contributed by atoms with E-state index in [9.17, 15) is 13.2 Å². The van der Waals surface area contributed by atoms with E-state index in [1.807, 2.05) is 24.3 Å². The molecule has 0 bridgehead atoms. The van der Waals surface area contributed by atoms with Crippen LogP contribution in [0.15, 0.2) is 65.6 Å². The molecule has 9 heteroatoms. The number of carbonyl (C=O) groups is 1. The normalized spacial score (nSPS) is 14.3. The Labute approximate surface area is 192 Å². The van der Waals surface area contributed by atoms with Crippen LogP contribution in [0.2, 0.25) is 0 Å². The molecule has 3 aromatic rings. The zero-order valence-electron chi connectivity index (χ0n) is 17.7. The highest BCUT2D eigenvalue weighted by atomic mass is 32.2. The number of benzene rings is 2. The summed E-state index contributed by atoms with van der Waals surface area (Å²) >= 11 is 1.48. The number of carbonyl (C=O) groups excluding carboxylic acids is 1. The van der Waals surface area contributed by atoms with Crippen molar-refractivity contribution >= 4 is 32.3 Å². The van der Waals surface area contributed by atoms with Crippen molar-refractivity contribution in [2.75, 3.05) is 38.3 Å². The highest BCUT2D eigenvalue weighted by Crippen LogP contribution is 2.39. The van der Waals surface area contributed by atoms with Crippen LogP contribution in [-0.2, 0) is 21.3 Å². The first-order valence-corrected chi connectivity index (χ1v) is 12.6. The van der Waals surface area contributed by atoms with E-state index in [-0.39, 0.29) is 10.8 Å². The molecule has 0 radical (unpaired) electrons. The lowest BCUT2D eigenvalue weighted by Gasteiger charge is -2.28. The lowest BCUT2D eigenvalue weighted by Crippen LogP contribution is -2.35. The standard InChI is InChI=1S/C23H25N3O4S2/c1-24-32(28,29)19-9-7-17(8-10-19)16-25-22(27)21-15-20(18-5-3-2-4-6-18)23(31-21)26-11-13-30-14-12-26/h2-10,15,24H,11-14,16H2,1H3,(H,25,27). The summed E-state index contributed by atoms with van der Waals surface area (Å²) in [6.45, 7) is 3.25. The number of anilines is 1. The quantitative estimate of drug-likeness (QED) is 0.553. The van der Waals surface area contributed by atoms with E-state index in [0.29, 0.717) is 24.6 Å². The molecule has 2 aromatic carbocycles. The molecular formula is C23H25N3O4S2. The maximum Gasteiger partial charge on any atom is 0.261 e. The summed E-state index contributed by atoms with van der Waals surface area (Å²) < 4.78 is 31.5. The molecule has 1 aliphatic rings. The lowest BCUT2D eigenvalue weighted by molar-refractivity contribution is 0.0955. The lowest BCUT2D eigenvalue weighted by atomic mass is 10.1. The molecule has 7 nitrogen and oxygen atoms in total. The number of nitrogens with zero attached hydrogens (tertiary/aromatic N) is 1. The van der Waals surface area contributed by atoms with Gasteiger partial charge in [0.1, 0.15) is 0 Å². The van der Waals surface area contributed by atoms with Gasteiger partial charge in [-0.05, 0) is 36.4 Å². The fraction of sp³-hybridized carbons (Fsp3) is 0.261. The van der Waals surface area contributed by atoms with E-state index in [4.69, 9.17) is 4.74 Å². The molecule has 1 aliphatic heterocycles. The van der Waals surface area contributed by atoms with Crippen molar-refractivity contribution in [1.82, 2.24) is 10.0 Å². The predicted molar refractivity (Wildman–Crippen MR) is 127 cm³/mol. The predicted octanol–water partition coefficient (Wildman–Crippen LogP) is 3.09. The molecule has 0 atom stereocenters. The van der Waals surface area contributed by atoms with Gasteiger partial charge in [0.05, 0.1) is 28.0 Å². The molecule has 1 saturated heterocycles. The van der Waals surface area contributed by atoms with E-state index >= 15 is 0 Å². The third-order valence-electron chi connectivity index (χ3n) is 5.27. The maximum absolute atomic E-state index is 12.9. The fourth-order valence-electron chi connectivity index (χ4n) is 3.49. The number of sulfonamides is 1. The molecule has 1 aromatic heterocycles. The molecular weight excluding hydrogens is 446 g/mol. The number of ether oxygens (including phenoxy) is 1. The highest BCUT2D eigenvalue weighted by molar-refractivity contribution is 7.89. The zero-order valence-corrected chi connectivity index (χ0v) is 19.3.